The number of hydrogen-bond donors (Lipinski definition) is 0. The van der Waals surface area contributed by atoms with E-state index in [0.717, 1.165) is 0 Å². The van der Waals surface area contributed by atoms with Gasteiger partial charge in [0.25, 0.3) is 0 Å². The SMILES string of the molecule is N#C[S-].O=C1COc2ccccc2OCC(=O)OCCOCCOCCOCCO1.[K+]. The fraction of sp³-hybridized carbons (Fsp3) is 0.526. The third-order valence-electron chi connectivity index (χ3n) is 3.27. The zero-order valence-electron chi connectivity index (χ0n) is 17.4. The van der Waals surface area contributed by atoms with Crippen LogP contribution in [0.15, 0.2) is 24.3 Å². The van der Waals surface area contributed by atoms with Gasteiger partial charge < -0.3 is 45.8 Å². The summed E-state index contributed by atoms with van der Waals surface area (Å²) in [6.45, 7) is 1.79. The van der Waals surface area contributed by atoms with Gasteiger partial charge in [-0.2, -0.15) is 0 Å². The fourth-order valence-electron chi connectivity index (χ4n) is 2.02. The molecule has 0 atom stereocenters. The van der Waals surface area contributed by atoms with Gasteiger partial charge in [0, 0.05) is 0 Å². The van der Waals surface area contributed by atoms with E-state index in [2.05, 4.69) is 12.6 Å². The summed E-state index contributed by atoms with van der Waals surface area (Å²) in [6.07, 6.45) is 0. The molecule has 0 fully saturated rings. The molecule has 1 heterocycles. The molecule has 0 unspecified atom stereocenters. The molecular weight excluding hydrogens is 457 g/mol. The Labute approximate surface area is 229 Å². The van der Waals surface area contributed by atoms with Crippen molar-refractivity contribution in [2.24, 2.45) is 0 Å². The van der Waals surface area contributed by atoms with Gasteiger partial charge in [-0.3, -0.25) is 0 Å². The predicted octanol–water partition coefficient (Wildman–Crippen LogP) is -2.39. The largest absolute Gasteiger partial charge is 1.00 e. The zero-order chi connectivity index (χ0) is 21.9. The minimum Gasteiger partial charge on any atom is -0.696 e. The normalized spacial score (nSPS) is 17.0. The molecule has 1 aliphatic rings. The second-order valence-electron chi connectivity index (χ2n) is 5.39. The summed E-state index contributed by atoms with van der Waals surface area (Å²) in [5.74, 6) is -0.422. The molecule has 0 bridgehead atoms. The van der Waals surface area contributed by atoms with Gasteiger partial charge in [0.1, 0.15) is 13.2 Å². The number of carbonyl (C=O) groups excluding carboxylic acids is 2. The first kappa shape index (κ1) is 30.0. The van der Waals surface area contributed by atoms with E-state index in [9.17, 15) is 9.59 Å². The summed E-state index contributed by atoms with van der Waals surface area (Å²) in [7, 11) is 0. The van der Waals surface area contributed by atoms with Crippen LogP contribution in [0.1, 0.15) is 0 Å². The molecule has 0 aliphatic carbocycles. The van der Waals surface area contributed by atoms with Gasteiger partial charge in [-0.1, -0.05) is 17.5 Å². The van der Waals surface area contributed by atoms with Gasteiger partial charge in [-0.15, -0.1) is 0 Å². The van der Waals surface area contributed by atoms with Gasteiger partial charge in [0.2, 0.25) is 0 Å². The topological polar surface area (TPSA) is 123 Å². The summed E-state index contributed by atoms with van der Waals surface area (Å²) < 4.78 is 36.7. The number of thiocyanates is 1. The molecule has 12 heteroatoms. The number of ether oxygens (including phenoxy) is 7. The summed E-state index contributed by atoms with van der Waals surface area (Å²) in [6, 6.07) is 6.70. The van der Waals surface area contributed by atoms with Crippen LogP contribution in [0.4, 0.5) is 0 Å². The summed E-state index contributed by atoms with van der Waals surface area (Å²) in [4.78, 5) is 23.4. The van der Waals surface area contributed by atoms with E-state index < -0.39 is 11.9 Å². The number of carbonyl (C=O) groups is 2. The standard InChI is InChI=1S/C18H24O9.CHNS.K/c19-17-13-26-15-3-1-2-4-16(15)27-14-18(20)25-12-10-23-8-6-21-5-7-22-9-11-24-17;2-1-3;/h1-4H,5-14H2;3H;/q;;+1/p-1. The molecule has 0 saturated heterocycles. The van der Waals surface area contributed by atoms with E-state index >= 15 is 0 Å². The Morgan fingerprint density at radius 2 is 1.00 bits per heavy atom. The molecule has 166 valence electrons. The summed E-state index contributed by atoms with van der Waals surface area (Å²) in [5, 5.41) is 8.47. The Kier molecular flexibility index (Phi) is 20.2. The van der Waals surface area contributed by atoms with Gasteiger partial charge in [0.05, 0.1) is 39.6 Å². The number of nitrogens with zero attached hydrogens (tertiary/aromatic N) is 1. The Hall–Kier alpha value is -1.01. The number of benzene rings is 1. The first-order valence-corrected chi connectivity index (χ1v) is 9.48. The van der Waals surface area contributed by atoms with Crippen molar-refractivity contribution in [3.8, 4) is 16.9 Å². The second kappa shape index (κ2) is 20.9. The molecule has 0 radical (unpaired) electrons. The van der Waals surface area contributed by atoms with Crippen molar-refractivity contribution < 1.29 is 94.1 Å². The van der Waals surface area contributed by atoms with Crippen molar-refractivity contribution in [1.82, 2.24) is 0 Å². The molecule has 0 aromatic heterocycles. The van der Waals surface area contributed by atoms with Crippen LogP contribution in [-0.2, 0) is 45.9 Å². The van der Waals surface area contributed by atoms with Crippen LogP contribution < -0.4 is 60.9 Å². The molecule has 0 saturated carbocycles. The average molecular weight is 482 g/mol. The molecular formula is C19H24KNO9S. The maximum atomic E-state index is 11.7. The predicted molar refractivity (Wildman–Crippen MR) is 105 cm³/mol. The number of para-hydroxylation sites is 2. The Bertz CT molecular complexity index is 623. The van der Waals surface area contributed by atoms with Crippen LogP contribution >= 0.6 is 0 Å². The Morgan fingerprint density at radius 1 is 0.677 bits per heavy atom. The monoisotopic (exact) mass is 481 g/mol. The third kappa shape index (κ3) is 16.3. The van der Waals surface area contributed by atoms with Crippen molar-refractivity contribution in [3.63, 3.8) is 0 Å². The molecule has 31 heavy (non-hydrogen) atoms. The molecule has 2 rings (SSSR count). The van der Waals surface area contributed by atoms with Crippen LogP contribution in [0, 0.1) is 10.7 Å². The number of rotatable bonds is 0. The van der Waals surface area contributed by atoms with E-state index in [0.29, 0.717) is 37.9 Å². The first-order valence-electron chi connectivity index (χ1n) is 9.07. The van der Waals surface area contributed by atoms with Crippen LogP contribution in [0.3, 0.4) is 0 Å². The molecule has 0 amide bonds. The van der Waals surface area contributed by atoms with Gasteiger partial charge in [-0.25, -0.2) is 14.9 Å². The van der Waals surface area contributed by atoms with E-state index in [1.165, 1.54) is 5.40 Å². The Morgan fingerprint density at radius 3 is 1.35 bits per heavy atom. The fourth-order valence-corrected chi connectivity index (χ4v) is 2.02. The van der Waals surface area contributed by atoms with Gasteiger partial charge in [0.15, 0.2) is 24.7 Å². The number of fused-ring (bicyclic) bond motifs is 1. The molecule has 1 aliphatic heterocycles. The molecule has 0 N–H and O–H groups in total. The molecule has 0 spiro atoms. The molecule has 10 nitrogen and oxygen atoms in total. The first-order chi connectivity index (χ1) is 14.7. The third-order valence-corrected chi connectivity index (χ3v) is 3.27. The maximum Gasteiger partial charge on any atom is 1.00 e. The number of cyclic esters (lactones) is 2. The summed E-state index contributed by atoms with van der Waals surface area (Å²) in [5.41, 5.74) is 0. The maximum absolute atomic E-state index is 11.7. The van der Waals surface area contributed by atoms with Crippen LogP contribution in [0.25, 0.3) is 0 Å². The van der Waals surface area contributed by atoms with Crippen LogP contribution in [0.2, 0.25) is 0 Å². The average Bonchev–Trinajstić information content (AvgIpc) is 2.74. The van der Waals surface area contributed by atoms with Gasteiger partial charge in [-0.05, 0) is 12.1 Å². The molecule has 1 aromatic carbocycles. The van der Waals surface area contributed by atoms with E-state index in [-0.39, 0.29) is 91.0 Å². The number of esters is 2. The second-order valence-corrected chi connectivity index (χ2v) is 5.58. The minimum absolute atomic E-state index is 0. The smallest absolute Gasteiger partial charge is 0.696 e. The summed E-state index contributed by atoms with van der Waals surface area (Å²) >= 11 is 3.70. The minimum atomic E-state index is -0.535. The zero-order valence-corrected chi connectivity index (χ0v) is 21.3. The van der Waals surface area contributed by atoms with E-state index in [4.69, 9.17) is 38.4 Å². The van der Waals surface area contributed by atoms with Crippen molar-refractivity contribution in [3.05, 3.63) is 24.3 Å². The number of nitriles is 1. The Balaban J connectivity index is 0.00000212. The number of hydrogen-bond acceptors (Lipinski definition) is 11. The van der Waals surface area contributed by atoms with E-state index in [1.807, 2.05) is 0 Å². The molecule has 1 aromatic rings. The van der Waals surface area contributed by atoms with Crippen molar-refractivity contribution in [1.29, 1.82) is 5.26 Å². The van der Waals surface area contributed by atoms with Crippen molar-refractivity contribution in [2.45, 2.75) is 0 Å². The van der Waals surface area contributed by atoms with Crippen LogP contribution in [-0.4, -0.2) is 78.0 Å². The van der Waals surface area contributed by atoms with Crippen molar-refractivity contribution in [2.75, 3.05) is 66.1 Å². The van der Waals surface area contributed by atoms with E-state index in [1.54, 1.807) is 24.3 Å². The van der Waals surface area contributed by atoms with Crippen molar-refractivity contribution >= 4 is 24.6 Å². The van der Waals surface area contributed by atoms with Gasteiger partial charge >= 0.3 is 63.3 Å². The quantitative estimate of drug-likeness (QED) is 0.171. The van der Waals surface area contributed by atoms with Crippen LogP contribution in [0.5, 0.6) is 11.5 Å².